The lowest BCUT2D eigenvalue weighted by Crippen LogP contribution is -2.19. The molecule has 31 heavy (non-hydrogen) atoms. The van der Waals surface area contributed by atoms with Gasteiger partial charge >= 0.3 is 0 Å². The molecule has 162 valence electrons. The fraction of sp³-hybridized carbons (Fsp3) is 0.375. The molecule has 1 aliphatic rings. The van der Waals surface area contributed by atoms with Crippen molar-refractivity contribution in [3.05, 3.63) is 76.3 Å². The quantitative estimate of drug-likeness (QED) is 0.529. The molecule has 1 aromatic carbocycles. The number of pyridine rings is 1. The third kappa shape index (κ3) is 5.39. The summed E-state index contributed by atoms with van der Waals surface area (Å²) in [6, 6.07) is 13.4. The largest absolute Gasteiger partial charge is 0.347 e. The molecule has 0 bridgehead atoms. The van der Waals surface area contributed by atoms with Gasteiger partial charge in [-0.15, -0.1) is 0 Å². The van der Waals surface area contributed by atoms with Crippen LogP contribution in [0.5, 0.6) is 0 Å². The van der Waals surface area contributed by atoms with Crippen molar-refractivity contribution in [2.24, 2.45) is 0 Å². The van der Waals surface area contributed by atoms with Crippen LogP contribution in [0, 0.1) is 6.92 Å². The molecule has 0 saturated carbocycles. The molecule has 0 amide bonds. The molecule has 0 radical (unpaired) electrons. The third-order valence-electron chi connectivity index (χ3n) is 5.21. The molecule has 1 fully saturated rings. The van der Waals surface area contributed by atoms with E-state index in [2.05, 4.69) is 10.1 Å². The average molecular weight is 440 g/mol. The number of aromatic nitrogens is 3. The van der Waals surface area contributed by atoms with Gasteiger partial charge < -0.3 is 9.47 Å². The lowest BCUT2D eigenvalue weighted by atomic mass is 10.1. The van der Waals surface area contributed by atoms with Crippen molar-refractivity contribution in [2.45, 2.75) is 51.9 Å². The van der Waals surface area contributed by atoms with E-state index in [1.165, 1.54) is 0 Å². The zero-order valence-electron chi connectivity index (χ0n) is 18.0. The van der Waals surface area contributed by atoms with E-state index in [0.29, 0.717) is 30.9 Å². The highest BCUT2D eigenvalue weighted by molar-refractivity contribution is 6.30. The lowest BCUT2D eigenvalue weighted by molar-refractivity contribution is -0.139. The zero-order chi connectivity index (χ0) is 22.0. The molecular formula is C24H26ClN3O3. The molecule has 1 saturated heterocycles. The predicted octanol–water partition coefficient (Wildman–Crippen LogP) is 4.80. The summed E-state index contributed by atoms with van der Waals surface area (Å²) in [6.07, 6.45) is 2.98. The highest BCUT2D eigenvalue weighted by Gasteiger charge is 2.34. The Bertz CT molecular complexity index is 1080. The molecule has 2 aromatic heterocycles. The Kier molecular flexibility index (Phi) is 6.23. The predicted molar refractivity (Wildman–Crippen MR) is 118 cm³/mol. The van der Waals surface area contributed by atoms with Crippen LogP contribution >= 0.6 is 11.6 Å². The van der Waals surface area contributed by atoms with Crippen molar-refractivity contribution < 1.29 is 14.3 Å². The maximum absolute atomic E-state index is 12.6. The maximum atomic E-state index is 12.6. The molecule has 7 heteroatoms. The standard InChI is InChI=1S/C24H26ClN3O3/c1-16-11-20(28(27-16)19-6-4-5-18(25)13-19)8-9-21(29)12-17-7-10-22(26-14-17)23-15-30-24(2,3)31-23/h4-7,10-11,13-14,23H,8-9,12,15H2,1-3H3. The smallest absolute Gasteiger partial charge is 0.163 e. The number of nitrogens with zero attached hydrogens (tertiary/aromatic N) is 3. The first-order valence-electron chi connectivity index (χ1n) is 10.4. The van der Waals surface area contributed by atoms with Gasteiger partial charge in [-0.1, -0.05) is 23.7 Å². The van der Waals surface area contributed by atoms with Crippen LogP contribution in [-0.4, -0.2) is 32.9 Å². The summed E-state index contributed by atoms with van der Waals surface area (Å²) in [5.41, 5.74) is 4.50. The topological polar surface area (TPSA) is 66.2 Å². The van der Waals surface area contributed by atoms with Gasteiger partial charge in [0.1, 0.15) is 11.9 Å². The molecule has 1 atom stereocenters. The van der Waals surface area contributed by atoms with Crippen LogP contribution in [0.15, 0.2) is 48.7 Å². The van der Waals surface area contributed by atoms with Crippen LogP contribution in [0.3, 0.4) is 0 Å². The number of hydrogen-bond donors (Lipinski definition) is 0. The van der Waals surface area contributed by atoms with E-state index in [1.54, 1.807) is 6.20 Å². The summed E-state index contributed by atoms with van der Waals surface area (Å²) in [4.78, 5) is 17.1. The molecule has 1 aliphatic heterocycles. The first-order chi connectivity index (χ1) is 14.8. The van der Waals surface area contributed by atoms with Crippen molar-refractivity contribution >= 4 is 17.4 Å². The van der Waals surface area contributed by atoms with Crippen LogP contribution < -0.4 is 0 Å². The van der Waals surface area contributed by atoms with Crippen molar-refractivity contribution in [3.8, 4) is 5.69 Å². The van der Waals surface area contributed by atoms with Gasteiger partial charge in [-0.05, 0) is 63.1 Å². The fourth-order valence-corrected chi connectivity index (χ4v) is 3.89. The normalized spacial score (nSPS) is 17.7. The van der Waals surface area contributed by atoms with Crippen molar-refractivity contribution in [3.63, 3.8) is 0 Å². The number of carbonyl (C=O) groups excluding carboxylic acids is 1. The number of carbonyl (C=O) groups is 1. The fourth-order valence-electron chi connectivity index (χ4n) is 3.71. The van der Waals surface area contributed by atoms with E-state index in [-0.39, 0.29) is 11.9 Å². The molecule has 0 spiro atoms. The van der Waals surface area contributed by atoms with E-state index in [4.69, 9.17) is 21.1 Å². The minimum absolute atomic E-state index is 0.160. The van der Waals surface area contributed by atoms with Gasteiger partial charge in [0.2, 0.25) is 0 Å². The highest BCUT2D eigenvalue weighted by Crippen LogP contribution is 2.31. The molecule has 6 nitrogen and oxygen atoms in total. The van der Waals surface area contributed by atoms with Gasteiger partial charge in [0.15, 0.2) is 5.79 Å². The zero-order valence-corrected chi connectivity index (χ0v) is 18.7. The molecule has 0 N–H and O–H groups in total. The molecule has 0 aliphatic carbocycles. The van der Waals surface area contributed by atoms with E-state index in [1.807, 2.05) is 67.9 Å². The van der Waals surface area contributed by atoms with Crippen LogP contribution in [0.4, 0.5) is 0 Å². The Labute approximate surface area is 187 Å². The Morgan fingerprint density at radius 3 is 2.77 bits per heavy atom. The summed E-state index contributed by atoms with van der Waals surface area (Å²) in [7, 11) is 0. The monoisotopic (exact) mass is 439 g/mol. The van der Waals surface area contributed by atoms with Gasteiger partial charge in [-0.2, -0.15) is 5.10 Å². The Hall–Kier alpha value is -2.54. The van der Waals surface area contributed by atoms with E-state index >= 15 is 0 Å². The SMILES string of the molecule is Cc1cc(CCC(=O)Cc2ccc(C3COC(C)(C)O3)nc2)n(-c2cccc(Cl)c2)n1. The molecule has 4 rings (SSSR count). The number of ether oxygens (including phenoxy) is 2. The summed E-state index contributed by atoms with van der Waals surface area (Å²) >= 11 is 6.12. The molecule has 1 unspecified atom stereocenters. The van der Waals surface area contributed by atoms with E-state index < -0.39 is 5.79 Å². The highest BCUT2D eigenvalue weighted by atomic mass is 35.5. The second kappa shape index (κ2) is 8.91. The summed E-state index contributed by atoms with van der Waals surface area (Å²) < 4.78 is 13.3. The van der Waals surface area contributed by atoms with Crippen molar-refractivity contribution in [1.29, 1.82) is 0 Å². The number of Topliss-reactive ketones (excluding diaryl/α,β-unsaturated/α-hetero) is 1. The van der Waals surface area contributed by atoms with Crippen molar-refractivity contribution in [2.75, 3.05) is 6.61 Å². The first-order valence-corrected chi connectivity index (χ1v) is 10.8. The molecule has 3 aromatic rings. The average Bonchev–Trinajstić information content (AvgIpc) is 3.28. The summed E-state index contributed by atoms with van der Waals surface area (Å²) in [5.74, 6) is -0.427. The molecular weight excluding hydrogens is 414 g/mol. The van der Waals surface area contributed by atoms with Crippen LogP contribution in [0.25, 0.3) is 5.69 Å². The van der Waals surface area contributed by atoms with Gasteiger partial charge in [0, 0.05) is 29.8 Å². The number of benzene rings is 1. The summed E-state index contributed by atoms with van der Waals surface area (Å²) in [6.45, 7) is 6.21. The van der Waals surface area contributed by atoms with Crippen LogP contribution in [0.2, 0.25) is 5.02 Å². The third-order valence-corrected chi connectivity index (χ3v) is 5.44. The van der Waals surface area contributed by atoms with Gasteiger partial charge in [-0.3, -0.25) is 9.78 Å². The van der Waals surface area contributed by atoms with Gasteiger partial charge in [0.05, 0.1) is 23.7 Å². The maximum Gasteiger partial charge on any atom is 0.163 e. The first kappa shape index (κ1) is 21.7. The number of aryl methyl sites for hydroxylation is 2. The number of hydrogen-bond acceptors (Lipinski definition) is 5. The van der Waals surface area contributed by atoms with E-state index in [9.17, 15) is 4.79 Å². The summed E-state index contributed by atoms with van der Waals surface area (Å²) in [5, 5.41) is 5.21. The Morgan fingerprint density at radius 1 is 1.26 bits per heavy atom. The van der Waals surface area contributed by atoms with Gasteiger partial charge in [-0.25, -0.2) is 4.68 Å². The second-order valence-electron chi connectivity index (χ2n) is 8.29. The number of halogens is 1. The lowest BCUT2D eigenvalue weighted by Gasteiger charge is -2.16. The Morgan fingerprint density at radius 2 is 2.10 bits per heavy atom. The number of rotatable bonds is 7. The minimum Gasteiger partial charge on any atom is -0.347 e. The minimum atomic E-state index is -0.586. The second-order valence-corrected chi connectivity index (χ2v) is 8.73. The molecule has 3 heterocycles. The van der Waals surface area contributed by atoms with Crippen LogP contribution in [0.1, 0.15) is 49.0 Å². The van der Waals surface area contributed by atoms with Crippen molar-refractivity contribution in [1.82, 2.24) is 14.8 Å². The Balaban J connectivity index is 1.36. The van der Waals surface area contributed by atoms with Gasteiger partial charge in [0.25, 0.3) is 0 Å². The van der Waals surface area contributed by atoms with Crippen LogP contribution in [-0.2, 0) is 27.1 Å². The number of ketones is 1. The van der Waals surface area contributed by atoms with E-state index in [0.717, 1.165) is 28.3 Å².